The molecule has 30 heavy (non-hydrogen) atoms. The summed E-state index contributed by atoms with van der Waals surface area (Å²) in [7, 11) is 1.70. The van der Waals surface area contributed by atoms with Crippen molar-refractivity contribution in [2.75, 3.05) is 46.4 Å². The molecule has 3 N–H and O–H groups in total. The summed E-state index contributed by atoms with van der Waals surface area (Å²) in [5.74, 6) is 1.87. The maximum absolute atomic E-state index is 11.4. The Kier molecular flexibility index (Phi) is 9.94. The van der Waals surface area contributed by atoms with Crippen molar-refractivity contribution in [2.24, 2.45) is 16.6 Å². The topological polar surface area (TPSA) is 83.2 Å². The van der Waals surface area contributed by atoms with Crippen molar-refractivity contribution in [3.63, 3.8) is 0 Å². The third-order valence-corrected chi connectivity index (χ3v) is 5.79. The molecule has 1 aromatic carbocycles. The lowest BCUT2D eigenvalue weighted by molar-refractivity contribution is -0.119. The Balaban J connectivity index is 2.23. The van der Waals surface area contributed by atoms with Gasteiger partial charge in [-0.2, -0.15) is 0 Å². The molecule has 2 unspecified atom stereocenters. The maximum Gasteiger partial charge on any atom is 0.217 e. The van der Waals surface area contributed by atoms with Crippen molar-refractivity contribution in [1.29, 1.82) is 0 Å². The number of aliphatic imine (C=N–C) groups is 1. The van der Waals surface area contributed by atoms with E-state index < -0.39 is 0 Å². The molecule has 0 bridgehead atoms. The number of carbonyl (C=O) groups excluding carboxylic acids is 1. The summed E-state index contributed by atoms with van der Waals surface area (Å²) in [6.45, 7) is 11.6. The molecule has 0 spiro atoms. The Hall–Kier alpha value is -2.28. The molecule has 1 aliphatic rings. The van der Waals surface area contributed by atoms with E-state index in [9.17, 15) is 4.79 Å². The number of nitrogens with two attached hydrogens (primary N) is 1. The van der Waals surface area contributed by atoms with Crippen LogP contribution in [0.1, 0.15) is 51.6 Å². The van der Waals surface area contributed by atoms with Gasteiger partial charge in [0, 0.05) is 26.1 Å². The average Bonchev–Trinajstić information content (AvgIpc) is 2.75. The minimum absolute atomic E-state index is 0.176. The summed E-state index contributed by atoms with van der Waals surface area (Å²) in [4.78, 5) is 21.1. The van der Waals surface area contributed by atoms with Crippen LogP contribution in [-0.2, 0) is 4.79 Å². The lowest BCUT2D eigenvalue weighted by Gasteiger charge is -2.35. The van der Waals surface area contributed by atoms with E-state index in [1.165, 1.54) is 5.56 Å². The number of hydrogen-bond donors (Lipinski definition) is 2. The fourth-order valence-corrected chi connectivity index (χ4v) is 4.25. The molecular weight excluding hydrogens is 378 g/mol. The number of amides is 1. The molecule has 0 radical (unpaired) electrons. The summed E-state index contributed by atoms with van der Waals surface area (Å²) in [5, 5.41) is 3.45. The number of nitrogens with zero attached hydrogens (tertiary/aromatic N) is 3. The first kappa shape index (κ1) is 24.0. The van der Waals surface area contributed by atoms with Gasteiger partial charge in [0.25, 0.3) is 0 Å². The molecule has 0 saturated carbocycles. The van der Waals surface area contributed by atoms with Crippen LogP contribution >= 0.6 is 0 Å². The summed E-state index contributed by atoms with van der Waals surface area (Å²) >= 11 is 0. The molecule has 2 rings (SSSR count). The van der Waals surface area contributed by atoms with Gasteiger partial charge in [-0.3, -0.25) is 14.7 Å². The van der Waals surface area contributed by atoms with Crippen LogP contribution in [0.4, 0.5) is 0 Å². The van der Waals surface area contributed by atoms with Gasteiger partial charge in [0.1, 0.15) is 5.75 Å². The number of carbonyl (C=O) groups is 1. The molecule has 1 saturated heterocycles. The third kappa shape index (κ3) is 6.90. The van der Waals surface area contributed by atoms with Crippen LogP contribution in [0.15, 0.2) is 29.3 Å². The fraction of sp³-hybridized carbons (Fsp3) is 0.652. The van der Waals surface area contributed by atoms with E-state index in [2.05, 4.69) is 48.0 Å². The van der Waals surface area contributed by atoms with Crippen molar-refractivity contribution in [3.05, 3.63) is 29.8 Å². The highest BCUT2D eigenvalue weighted by Gasteiger charge is 2.24. The zero-order valence-corrected chi connectivity index (χ0v) is 19.1. The van der Waals surface area contributed by atoms with E-state index in [0.717, 1.165) is 57.3 Å². The molecule has 1 heterocycles. The average molecular weight is 418 g/mol. The van der Waals surface area contributed by atoms with Crippen LogP contribution in [0.2, 0.25) is 0 Å². The zero-order valence-electron chi connectivity index (χ0n) is 19.1. The number of nitrogens with one attached hydrogen (secondary N) is 1. The molecule has 1 aromatic rings. The molecule has 1 amide bonds. The second-order valence-corrected chi connectivity index (χ2v) is 7.83. The minimum Gasteiger partial charge on any atom is -0.497 e. The monoisotopic (exact) mass is 417 g/mol. The maximum atomic E-state index is 11.4. The van der Waals surface area contributed by atoms with Gasteiger partial charge >= 0.3 is 0 Å². The van der Waals surface area contributed by atoms with E-state index >= 15 is 0 Å². The summed E-state index contributed by atoms with van der Waals surface area (Å²) < 4.78 is 5.44. The smallest absolute Gasteiger partial charge is 0.217 e. The molecule has 1 aliphatic heterocycles. The first-order valence-corrected chi connectivity index (χ1v) is 11.2. The lowest BCUT2D eigenvalue weighted by atomic mass is 9.95. The molecular formula is C23H39N5O2. The number of piperidine rings is 1. The Morgan fingerprint density at radius 3 is 2.77 bits per heavy atom. The first-order chi connectivity index (χ1) is 14.5. The number of methoxy groups -OCH3 is 1. The normalized spacial score (nSPS) is 18.4. The van der Waals surface area contributed by atoms with Crippen LogP contribution < -0.4 is 15.8 Å². The molecule has 7 nitrogen and oxygen atoms in total. The van der Waals surface area contributed by atoms with Crippen LogP contribution in [0.25, 0.3) is 0 Å². The predicted molar refractivity (Wildman–Crippen MR) is 123 cm³/mol. The van der Waals surface area contributed by atoms with Gasteiger partial charge in [0.05, 0.1) is 19.7 Å². The molecule has 7 heteroatoms. The standard InChI is InChI=1S/C23H39N5O2/c1-5-25-23(28-13-9-10-18(17-28)14-22(24)29)26-16-21(27(6-2)7-3)19-11-8-12-20(15-19)30-4/h8,11-12,15,18,21H,5-7,9-10,13-14,16-17H2,1-4H3,(H2,24,29)(H,25,26). The van der Waals surface area contributed by atoms with Gasteiger partial charge in [0.2, 0.25) is 5.91 Å². The number of benzene rings is 1. The van der Waals surface area contributed by atoms with Gasteiger partial charge in [-0.1, -0.05) is 26.0 Å². The fourth-order valence-electron chi connectivity index (χ4n) is 4.25. The Labute approximate surface area is 181 Å². The SMILES string of the molecule is CCNC(=NCC(c1cccc(OC)c1)N(CC)CC)N1CCCC(CC(N)=O)C1. The summed E-state index contributed by atoms with van der Waals surface area (Å²) in [6, 6.07) is 8.45. The molecule has 0 aromatic heterocycles. The first-order valence-electron chi connectivity index (χ1n) is 11.2. The number of likely N-dealkylation sites (N-methyl/N-ethyl adjacent to an activating group) is 1. The number of primary amides is 1. The van der Waals surface area contributed by atoms with Crippen LogP contribution in [0, 0.1) is 5.92 Å². The van der Waals surface area contributed by atoms with Gasteiger partial charge < -0.3 is 20.7 Å². The van der Waals surface area contributed by atoms with Crippen molar-refractivity contribution in [1.82, 2.24) is 15.1 Å². The van der Waals surface area contributed by atoms with Crippen molar-refractivity contribution >= 4 is 11.9 Å². The van der Waals surface area contributed by atoms with E-state index in [0.29, 0.717) is 18.9 Å². The Morgan fingerprint density at radius 2 is 2.13 bits per heavy atom. The van der Waals surface area contributed by atoms with Crippen molar-refractivity contribution in [2.45, 2.75) is 46.1 Å². The van der Waals surface area contributed by atoms with Crippen LogP contribution in [0.3, 0.4) is 0 Å². The van der Waals surface area contributed by atoms with Crippen LogP contribution in [0.5, 0.6) is 5.75 Å². The van der Waals surface area contributed by atoms with Crippen LogP contribution in [-0.4, -0.2) is 68.0 Å². The molecule has 1 fully saturated rings. The highest BCUT2D eigenvalue weighted by molar-refractivity contribution is 5.80. The van der Waals surface area contributed by atoms with Crippen molar-refractivity contribution < 1.29 is 9.53 Å². The largest absolute Gasteiger partial charge is 0.497 e. The van der Waals surface area contributed by atoms with Gasteiger partial charge in [-0.05, 0) is 56.5 Å². The van der Waals surface area contributed by atoms with E-state index in [4.69, 9.17) is 15.5 Å². The van der Waals surface area contributed by atoms with E-state index in [1.54, 1.807) is 7.11 Å². The number of likely N-dealkylation sites (tertiary alicyclic amines) is 1. The lowest BCUT2D eigenvalue weighted by Crippen LogP contribution is -2.47. The predicted octanol–water partition coefficient (Wildman–Crippen LogP) is 2.63. The Bertz CT molecular complexity index is 690. The second-order valence-electron chi connectivity index (χ2n) is 7.83. The minimum atomic E-state index is -0.219. The van der Waals surface area contributed by atoms with Gasteiger partial charge in [-0.25, -0.2) is 0 Å². The van der Waals surface area contributed by atoms with Crippen molar-refractivity contribution in [3.8, 4) is 5.75 Å². The zero-order chi connectivity index (χ0) is 21.9. The number of ether oxygens (including phenoxy) is 1. The van der Waals surface area contributed by atoms with Gasteiger partial charge in [0.15, 0.2) is 5.96 Å². The quantitative estimate of drug-likeness (QED) is 0.452. The second kappa shape index (κ2) is 12.4. The number of guanidine groups is 1. The number of hydrogen-bond acceptors (Lipinski definition) is 4. The summed E-state index contributed by atoms with van der Waals surface area (Å²) in [6.07, 6.45) is 2.55. The van der Waals surface area contributed by atoms with E-state index in [1.807, 2.05) is 12.1 Å². The third-order valence-electron chi connectivity index (χ3n) is 5.79. The number of rotatable bonds is 10. The molecule has 0 aliphatic carbocycles. The highest BCUT2D eigenvalue weighted by atomic mass is 16.5. The summed E-state index contributed by atoms with van der Waals surface area (Å²) in [5.41, 5.74) is 6.65. The molecule has 168 valence electrons. The Morgan fingerprint density at radius 1 is 1.37 bits per heavy atom. The van der Waals surface area contributed by atoms with E-state index in [-0.39, 0.29) is 11.9 Å². The molecule has 2 atom stereocenters. The highest BCUT2D eigenvalue weighted by Crippen LogP contribution is 2.25. The van der Waals surface area contributed by atoms with Gasteiger partial charge in [-0.15, -0.1) is 0 Å².